The number of hydrogen-bond acceptors (Lipinski definition) is 8. The fraction of sp³-hybridized carbons (Fsp3) is 0.250. The minimum absolute atomic E-state index is 0.159. The number of para-hydroxylation sites is 1. The van der Waals surface area contributed by atoms with Crippen LogP contribution < -0.4 is 5.32 Å². The Kier molecular flexibility index (Phi) is 5.96. The van der Waals surface area contributed by atoms with Gasteiger partial charge in [0.1, 0.15) is 0 Å². The summed E-state index contributed by atoms with van der Waals surface area (Å²) in [5, 5.41) is 18.9. The summed E-state index contributed by atoms with van der Waals surface area (Å²) in [4.78, 5) is 16.9. The molecule has 30 heavy (non-hydrogen) atoms. The zero-order valence-corrected chi connectivity index (χ0v) is 18.4. The number of aromatic nitrogens is 5. The number of anilines is 1. The van der Waals surface area contributed by atoms with Crippen molar-refractivity contribution in [3.63, 3.8) is 0 Å². The average molecular weight is 441 g/mol. The molecule has 4 rings (SSSR count). The number of rotatable bonds is 7. The molecule has 0 atom stereocenters. The summed E-state index contributed by atoms with van der Waals surface area (Å²) >= 11 is 2.78. The molecule has 0 radical (unpaired) electrons. The number of carbonyl (C=O) groups is 1. The van der Waals surface area contributed by atoms with E-state index < -0.39 is 0 Å². The van der Waals surface area contributed by atoms with E-state index in [2.05, 4.69) is 25.6 Å². The summed E-state index contributed by atoms with van der Waals surface area (Å²) in [6.07, 6.45) is 0.487. The van der Waals surface area contributed by atoms with Crippen LogP contribution in [0.25, 0.3) is 5.69 Å². The van der Waals surface area contributed by atoms with Crippen molar-refractivity contribution in [3.8, 4) is 5.69 Å². The predicted octanol–water partition coefficient (Wildman–Crippen LogP) is 3.96. The number of aryl methyl sites for hydroxylation is 2. The number of thioether (sulfide) groups is 1. The largest absolute Gasteiger partial charge is 0.416 e. The Hall–Kier alpha value is -2.98. The van der Waals surface area contributed by atoms with E-state index in [0.29, 0.717) is 17.5 Å². The van der Waals surface area contributed by atoms with Gasteiger partial charge in [0.05, 0.1) is 45.6 Å². The first kappa shape index (κ1) is 20.3. The monoisotopic (exact) mass is 440 g/mol. The molecule has 3 aromatic heterocycles. The molecule has 0 unspecified atom stereocenters. The molecule has 10 heteroatoms. The first-order chi connectivity index (χ1) is 14.5. The van der Waals surface area contributed by atoms with E-state index >= 15 is 0 Å². The van der Waals surface area contributed by atoms with Crippen LogP contribution in [0.3, 0.4) is 0 Å². The van der Waals surface area contributed by atoms with Crippen molar-refractivity contribution in [1.29, 1.82) is 0 Å². The number of amides is 1. The first-order valence-electron chi connectivity index (χ1n) is 9.27. The Balaban J connectivity index is 1.36. The molecule has 0 saturated heterocycles. The van der Waals surface area contributed by atoms with E-state index in [1.54, 1.807) is 11.3 Å². The van der Waals surface area contributed by atoms with Gasteiger partial charge in [-0.25, -0.2) is 9.67 Å². The second-order valence-electron chi connectivity index (χ2n) is 6.63. The minimum Gasteiger partial charge on any atom is -0.416 e. The third kappa shape index (κ3) is 4.60. The van der Waals surface area contributed by atoms with Crippen LogP contribution in [0, 0.1) is 20.8 Å². The van der Waals surface area contributed by atoms with Gasteiger partial charge in [0.25, 0.3) is 5.22 Å². The molecule has 0 bridgehead atoms. The molecule has 0 spiro atoms. The molecule has 154 valence electrons. The Bertz CT molecular complexity index is 1170. The van der Waals surface area contributed by atoms with Crippen LogP contribution in [0.4, 0.5) is 5.69 Å². The van der Waals surface area contributed by atoms with Gasteiger partial charge in [-0.15, -0.1) is 21.5 Å². The van der Waals surface area contributed by atoms with Gasteiger partial charge >= 0.3 is 0 Å². The second kappa shape index (κ2) is 8.80. The molecule has 1 aromatic carbocycles. The zero-order chi connectivity index (χ0) is 21.1. The van der Waals surface area contributed by atoms with Gasteiger partial charge in [0, 0.05) is 5.38 Å². The molecular formula is C20H20N6O2S2. The molecular weight excluding hydrogens is 420 g/mol. The lowest BCUT2D eigenvalue weighted by molar-refractivity contribution is -0.113. The highest BCUT2D eigenvalue weighted by Crippen LogP contribution is 2.24. The van der Waals surface area contributed by atoms with Gasteiger partial charge in [-0.2, -0.15) is 5.10 Å². The Morgan fingerprint density at radius 1 is 1.20 bits per heavy atom. The number of nitrogens with one attached hydrogen (secondary N) is 1. The number of nitrogens with zero attached hydrogens (tertiary/aromatic N) is 5. The molecule has 0 saturated carbocycles. The maximum absolute atomic E-state index is 12.5. The Morgan fingerprint density at radius 2 is 2.00 bits per heavy atom. The van der Waals surface area contributed by atoms with E-state index in [4.69, 9.17) is 4.42 Å². The molecule has 0 aliphatic carbocycles. The third-order valence-electron chi connectivity index (χ3n) is 4.33. The normalized spacial score (nSPS) is 11.0. The molecule has 0 aliphatic heterocycles. The smallest absolute Gasteiger partial charge is 0.277 e. The van der Waals surface area contributed by atoms with Gasteiger partial charge in [0.2, 0.25) is 11.8 Å². The highest BCUT2D eigenvalue weighted by Gasteiger charge is 2.16. The molecule has 8 nitrogen and oxygen atoms in total. The molecule has 1 N–H and O–H groups in total. The summed E-state index contributed by atoms with van der Waals surface area (Å²) in [6.45, 7) is 5.76. The standard InChI is InChI=1S/C20H20N6O2S2/c1-12-19(13(2)26(25-12)16-7-5-4-6-8-16)22-17(27)11-30-20-24-23-18(28-20)9-15-10-29-14(3)21-15/h4-8,10H,9,11H2,1-3H3,(H,22,27). The van der Waals surface area contributed by atoms with E-state index in [0.717, 1.165) is 33.5 Å². The van der Waals surface area contributed by atoms with Crippen LogP contribution in [0.1, 0.15) is 28.0 Å². The highest BCUT2D eigenvalue weighted by molar-refractivity contribution is 7.99. The van der Waals surface area contributed by atoms with Gasteiger partial charge in [0.15, 0.2) is 0 Å². The summed E-state index contributed by atoms with van der Waals surface area (Å²) in [7, 11) is 0. The third-order valence-corrected chi connectivity index (χ3v) is 5.97. The van der Waals surface area contributed by atoms with Crippen molar-refractivity contribution < 1.29 is 9.21 Å². The number of benzene rings is 1. The summed E-state index contributed by atoms with van der Waals surface area (Å²) in [5.74, 6) is 0.486. The van der Waals surface area contributed by atoms with E-state index in [9.17, 15) is 4.79 Å². The Labute approximate surface area is 181 Å². The van der Waals surface area contributed by atoms with E-state index in [1.165, 1.54) is 11.8 Å². The van der Waals surface area contributed by atoms with Crippen LogP contribution in [0.15, 0.2) is 45.4 Å². The van der Waals surface area contributed by atoms with Crippen LogP contribution in [-0.4, -0.2) is 36.6 Å². The summed E-state index contributed by atoms with van der Waals surface area (Å²) in [6, 6.07) is 9.81. The Morgan fingerprint density at radius 3 is 2.73 bits per heavy atom. The van der Waals surface area contributed by atoms with Gasteiger partial charge in [-0.05, 0) is 32.9 Å². The van der Waals surface area contributed by atoms with Crippen LogP contribution >= 0.6 is 23.1 Å². The fourth-order valence-corrected chi connectivity index (χ4v) is 4.15. The molecule has 1 amide bonds. The van der Waals surface area contributed by atoms with Gasteiger partial charge in [-0.3, -0.25) is 4.79 Å². The lowest BCUT2D eigenvalue weighted by Gasteiger charge is -2.06. The van der Waals surface area contributed by atoms with Crippen LogP contribution in [0.5, 0.6) is 0 Å². The quantitative estimate of drug-likeness (QED) is 0.434. The van der Waals surface area contributed by atoms with E-state index in [-0.39, 0.29) is 11.7 Å². The number of carbonyl (C=O) groups excluding carboxylic acids is 1. The maximum atomic E-state index is 12.5. The molecule has 0 fully saturated rings. The summed E-state index contributed by atoms with van der Waals surface area (Å²) < 4.78 is 7.44. The molecule has 0 aliphatic rings. The second-order valence-corrected chi connectivity index (χ2v) is 8.62. The topological polar surface area (TPSA) is 98.7 Å². The van der Waals surface area contributed by atoms with Crippen molar-refractivity contribution in [2.24, 2.45) is 0 Å². The first-order valence-corrected chi connectivity index (χ1v) is 11.1. The predicted molar refractivity (Wildman–Crippen MR) is 116 cm³/mol. The molecule has 3 heterocycles. The van der Waals surface area contributed by atoms with Crippen molar-refractivity contribution in [2.75, 3.05) is 11.1 Å². The van der Waals surface area contributed by atoms with Crippen molar-refractivity contribution in [3.05, 3.63) is 63.7 Å². The van der Waals surface area contributed by atoms with Gasteiger partial charge in [-0.1, -0.05) is 30.0 Å². The molecule has 4 aromatic rings. The van der Waals surface area contributed by atoms with E-state index in [1.807, 2.05) is 61.2 Å². The van der Waals surface area contributed by atoms with Crippen LogP contribution in [0.2, 0.25) is 0 Å². The number of hydrogen-bond donors (Lipinski definition) is 1. The number of thiazole rings is 1. The van der Waals surface area contributed by atoms with Crippen molar-refractivity contribution >= 4 is 34.7 Å². The van der Waals surface area contributed by atoms with Crippen molar-refractivity contribution in [1.82, 2.24) is 25.0 Å². The van der Waals surface area contributed by atoms with Crippen molar-refractivity contribution in [2.45, 2.75) is 32.4 Å². The minimum atomic E-state index is -0.159. The zero-order valence-electron chi connectivity index (χ0n) is 16.7. The van der Waals surface area contributed by atoms with Gasteiger partial charge < -0.3 is 9.73 Å². The lowest BCUT2D eigenvalue weighted by atomic mass is 10.3. The SMILES string of the molecule is Cc1nc(Cc2nnc(SCC(=O)Nc3c(C)nn(-c4ccccc4)c3C)o2)cs1. The van der Waals surface area contributed by atoms with Crippen LogP contribution in [-0.2, 0) is 11.2 Å². The maximum Gasteiger partial charge on any atom is 0.277 e. The summed E-state index contributed by atoms with van der Waals surface area (Å²) in [5.41, 5.74) is 4.19. The average Bonchev–Trinajstić information content (AvgIpc) is 3.43. The highest BCUT2D eigenvalue weighted by atomic mass is 32.2. The fourth-order valence-electron chi connectivity index (χ4n) is 2.96. The lowest BCUT2D eigenvalue weighted by Crippen LogP contribution is -2.15.